The van der Waals surface area contributed by atoms with Crippen molar-refractivity contribution in [1.82, 2.24) is 19.7 Å². The largest absolute Gasteiger partial charge is 0.329 e. The van der Waals surface area contributed by atoms with Gasteiger partial charge in [0.1, 0.15) is 0 Å². The normalized spacial score (nSPS) is 19.2. The van der Waals surface area contributed by atoms with Crippen LogP contribution in [0.1, 0.15) is 25.7 Å². The molecule has 0 saturated heterocycles. The number of nitrogens with two attached hydrogens (primary N) is 1. The Morgan fingerprint density at radius 2 is 2.22 bits per heavy atom. The van der Waals surface area contributed by atoms with Crippen LogP contribution < -0.4 is 10.5 Å². The van der Waals surface area contributed by atoms with Crippen molar-refractivity contribution >= 4 is 10.0 Å². The summed E-state index contributed by atoms with van der Waals surface area (Å²) in [6.45, 7) is 0.315. The van der Waals surface area contributed by atoms with Crippen LogP contribution in [0.2, 0.25) is 0 Å². The molecule has 18 heavy (non-hydrogen) atoms. The number of hydrogen-bond acceptors (Lipinski definition) is 5. The predicted molar refractivity (Wildman–Crippen MR) is 66.1 cm³/mol. The second-order valence-electron chi connectivity index (χ2n) is 4.70. The monoisotopic (exact) mass is 273 g/mol. The maximum Gasteiger partial charge on any atom is 0.259 e. The molecule has 7 nitrogen and oxygen atoms in total. The van der Waals surface area contributed by atoms with E-state index in [1.165, 1.54) is 10.9 Å². The zero-order valence-electron chi connectivity index (χ0n) is 10.4. The van der Waals surface area contributed by atoms with Crippen LogP contribution in [-0.4, -0.2) is 36.0 Å². The highest BCUT2D eigenvalue weighted by molar-refractivity contribution is 7.89. The van der Waals surface area contributed by atoms with E-state index in [2.05, 4.69) is 15.0 Å². The molecule has 1 aromatic heterocycles. The Bertz CT molecular complexity index is 492. The van der Waals surface area contributed by atoms with Crippen LogP contribution >= 0.6 is 0 Å². The molecule has 1 aromatic rings. The van der Waals surface area contributed by atoms with Gasteiger partial charge in [-0.3, -0.25) is 0 Å². The van der Waals surface area contributed by atoms with Crippen LogP contribution in [0.3, 0.4) is 0 Å². The first kappa shape index (κ1) is 13.4. The van der Waals surface area contributed by atoms with Gasteiger partial charge in [0.05, 0.1) is 6.20 Å². The zero-order chi connectivity index (χ0) is 13.2. The van der Waals surface area contributed by atoms with E-state index in [1.54, 1.807) is 7.05 Å². The molecule has 1 aliphatic rings. The molecule has 0 bridgehead atoms. The number of hydrogen-bond donors (Lipinski definition) is 2. The molecule has 0 radical (unpaired) electrons. The van der Waals surface area contributed by atoms with Gasteiger partial charge in [0.2, 0.25) is 0 Å². The summed E-state index contributed by atoms with van der Waals surface area (Å²) >= 11 is 0. The third-order valence-corrected chi connectivity index (χ3v) is 5.01. The van der Waals surface area contributed by atoms with Crippen molar-refractivity contribution in [1.29, 1.82) is 0 Å². The summed E-state index contributed by atoms with van der Waals surface area (Å²) in [6.07, 6.45) is 5.61. The highest BCUT2D eigenvalue weighted by Crippen LogP contribution is 2.28. The van der Waals surface area contributed by atoms with Crippen LogP contribution in [0.15, 0.2) is 11.2 Å². The molecule has 3 N–H and O–H groups in total. The van der Waals surface area contributed by atoms with Crippen LogP contribution in [-0.2, 0) is 17.1 Å². The Morgan fingerprint density at radius 3 is 2.72 bits per heavy atom. The third-order valence-electron chi connectivity index (χ3n) is 3.48. The Balaban J connectivity index is 2.13. The third kappa shape index (κ3) is 2.70. The number of nitrogens with one attached hydrogen (secondary N) is 1. The van der Waals surface area contributed by atoms with Gasteiger partial charge >= 0.3 is 0 Å². The van der Waals surface area contributed by atoms with Gasteiger partial charge in [-0.1, -0.05) is 18.1 Å². The molecule has 0 spiro atoms. The van der Waals surface area contributed by atoms with Crippen molar-refractivity contribution in [2.45, 2.75) is 36.8 Å². The topological polar surface area (TPSA) is 103 Å². The number of aryl methyl sites for hydroxylation is 1. The molecular weight excluding hydrogens is 254 g/mol. The molecule has 1 atom stereocenters. The van der Waals surface area contributed by atoms with Gasteiger partial charge in [-0.05, 0) is 18.8 Å². The minimum absolute atomic E-state index is 0.0685. The number of nitrogens with zero attached hydrogens (tertiary/aromatic N) is 3. The highest BCUT2D eigenvalue weighted by Gasteiger charge is 2.29. The van der Waals surface area contributed by atoms with E-state index in [1.807, 2.05) is 0 Å². The van der Waals surface area contributed by atoms with Crippen molar-refractivity contribution in [3.63, 3.8) is 0 Å². The lowest BCUT2D eigenvalue weighted by atomic mass is 9.99. The minimum Gasteiger partial charge on any atom is -0.329 e. The number of sulfonamides is 1. The molecule has 102 valence electrons. The standard InChI is InChI=1S/C10H19N5O2S/c1-15-10(7-12-14-15)18(16,17)13-9(6-11)8-4-2-3-5-8/h7-9,13H,2-6,11H2,1H3. The van der Waals surface area contributed by atoms with Crippen LogP contribution in [0, 0.1) is 5.92 Å². The summed E-state index contributed by atoms with van der Waals surface area (Å²) in [5.41, 5.74) is 5.69. The molecule has 0 aromatic carbocycles. The van der Waals surface area contributed by atoms with Gasteiger partial charge < -0.3 is 5.73 Å². The molecule has 8 heteroatoms. The van der Waals surface area contributed by atoms with E-state index in [4.69, 9.17) is 5.73 Å². The van der Waals surface area contributed by atoms with Crippen LogP contribution in [0.4, 0.5) is 0 Å². The first-order valence-corrected chi connectivity index (χ1v) is 7.60. The fourth-order valence-electron chi connectivity index (χ4n) is 2.48. The lowest BCUT2D eigenvalue weighted by molar-refractivity contribution is 0.404. The molecule has 2 rings (SSSR count). The average Bonchev–Trinajstić information content (AvgIpc) is 2.96. The van der Waals surface area contributed by atoms with E-state index in [-0.39, 0.29) is 11.1 Å². The van der Waals surface area contributed by atoms with E-state index in [0.717, 1.165) is 25.7 Å². The maximum absolute atomic E-state index is 12.2. The highest BCUT2D eigenvalue weighted by atomic mass is 32.2. The van der Waals surface area contributed by atoms with Crippen molar-refractivity contribution in [3.05, 3.63) is 6.20 Å². The summed E-state index contributed by atoms with van der Waals surface area (Å²) in [7, 11) is -2.04. The molecule has 0 aliphatic heterocycles. The first-order chi connectivity index (χ1) is 8.54. The molecule has 1 saturated carbocycles. The molecule has 0 amide bonds. The van der Waals surface area contributed by atoms with Crippen molar-refractivity contribution in [3.8, 4) is 0 Å². The van der Waals surface area contributed by atoms with E-state index in [9.17, 15) is 8.42 Å². The van der Waals surface area contributed by atoms with E-state index < -0.39 is 10.0 Å². The molecule has 1 fully saturated rings. The Labute approximate surface area is 107 Å². The lowest BCUT2D eigenvalue weighted by Crippen LogP contribution is -2.44. The lowest BCUT2D eigenvalue weighted by Gasteiger charge is -2.22. The number of rotatable bonds is 5. The van der Waals surface area contributed by atoms with Gasteiger partial charge in [-0.25, -0.2) is 17.8 Å². The van der Waals surface area contributed by atoms with Gasteiger partial charge in [0, 0.05) is 19.6 Å². The van der Waals surface area contributed by atoms with E-state index >= 15 is 0 Å². The minimum atomic E-state index is -3.59. The first-order valence-electron chi connectivity index (χ1n) is 6.11. The Kier molecular flexibility index (Phi) is 3.98. The summed E-state index contributed by atoms with van der Waals surface area (Å²) in [6, 6.07) is -0.201. The van der Waals surface area contributed by atoms with Crippen molar-refractivity contribution < 1.29 is 8.42 Å². The predicted octanol–water partition coefficient (Wildman–Crippen LogP) is -0.389. The fourth-order valence-corrected chi connectivity index (χ4v) is 3.86. The van der Waals surface area contributed by atoms with Crippen molar-refractivity contribution in [2.24, 2.45) is 18.7 Å². The second kappa shape index (κ2) is 5.33. The molecule has 1 unspecified atom stereocenters. The average molecular weight is 273 g/mol. The van der Waals surface area contributed by atoms with Crippen molar-refractivity contribution in [2.75, 3.05) is 6.54 Å². The zero-order valence-corrected chi connectivity index (χ0v) is 11.2. The van der Waals surface area contributed by atoms with Gasteiger partial charge in [0.25, 0.3) is 10.0 Å². The van der Waals surface area contributed by atoms with Crippen LogP contribution in [0.25, 0.3) is 0 Å². The summed E-state index contributed by atoms with van der Waals surface area (Å²) < 4.78 is 28.3. The Morgan fingerprint density at radius 1 is 1.56 bits per heavy atom. The molecule has 1 heterocycles. The van der Waals surface area contributed by atoms with Gasteiger partial charge in [-0.2, -0.15) is 0 Å². The fraction of sp³-hybridized carbons (Fsp3) is 0.800. The molecular formula is C10H19N5O2S. The maximum atomic E-state index is 12.2. The second-order valence-corrected chi connectivity index (χ2v) is 6.36. The van der Waals surface area contributed by atoms with Crippen LogP contribution in [0.5, 0.6) is 0 Å². The summed E-state index contributed by atoms with van der Waals surface area (Å²) in [4.78, 5) is 0. The summed E-state index contributed by atoms with van der Waals surface area (Å²) in [5, 5.41) is 7.28. The molecule has 1 aliphatic carbocycles. The SMILES string of the molecule is Cn1nncc1S(=O)(=O)NC(CN)C1CCCC1. The number of aromatic nitrogens is 3. The van der Waals surface area contributed by atoms with Gasteiger partial charge in [-0.15, -0.1) is 5.10 Å². The van der Waals surface area contributed by atoms with E-state index in [0.29, 0.717) is 12.5 Å². The summed E-state index contributed by atoms with van der Waals surface area (Å²) in [5.74, 6) is 0.339. The smallest absolute Gasteiger partial charge is 0.259 e. The Hall–Kier alpha value is -0.990. The quantitative estimate of drug-likeness (QED) is 0.760. The van der Waals surface area contributed by atoms with Gasteiger partial charge in [0.15, 0.2) is 5.03 Å².